The second kappa shape index (κ2) is 21.4. The van der Waals surface area contributed by atoms with Gasteiger partial charge in [-0.25, -0.2) is 4.98 Å². The van der Waals surface area contributed by atoms with Crippen LogP contribution in [0, 0.1) is 5.92 Å². The number of carbonyl (C=O) groups is 1. The van der Waals surface area contributed by atoms with Gasteiger partial charge in [-0.1, -0.05) is 55.0 Å². The van der Waals surface area contributed by atoms with Crippen molar-refractivity contribution in [3.63, 3.8) is 0 Å². The Morgan fingerprint density at radius 3 is 2.51 bits per heavy atom. The maximum Gasteiger partial charge on any atom is 0.155 e. The Morgan fingerprint density at radius 2 is 1.89 bits per heavy atom. The Kier molecular flexibility index (Phi) is 19.2. The summed E-state index contributed by atoms with van der Waals surface area (Å²) >= 11 is 0. The fraction of sp³-hybridized carbons (Fsp3) is 0.333. The lowest BCUT2D eigenvalue weighted by atomic mass is 10.1. The minimum absolute atomic E-state index is 0.703. The Hall–Kier alpha value is -3.84. The predicted octanol–water partition coefficient (Wildman–Crippen LogP) is 6.78. The van der Waals surface area contributed by atoms with Crippen molar-refractivity contribution in [1.82, 2.24) is 30.7 Å². The number of benzene rings is 1. The van der Waals surface area contributed by atoms with Crippen molar-refractivity contribution in [2.45, 2.75) is 47.0 Å². The number of carbonyl (C=O) groups excluding carboxylic acids is 1. The van der Waals surface area contributed by atoms with E-state index in [0.717, 1.165) is 41.0 Å². The van der Waals surface area contributed by atoms with E-state index in [9.17, 15) is 0 Å². The minimum Gasteiger partial charge on any atom is -0.320 e. The van der Waals surface area contributed by atoms with E-state index in [0.29, 0.717) is 5.92 Å². The lowest BCUT2D eigenvalue weighted by molar-refractivity contribution is -0.0979. The number of nitrogens with zero attached hydrogens (tertiary/aromatic N) is 3. The summed E-state index contributed by atoms with van der Waals surface area (Å²) in [5.74, 6) is 1.47. The molecule has 0 saturated carbocycles. The lowest BCUT2D eigenvalue weighted by Crippen LogP contribution is -2.08. The predicted molar refractivity (Wildman–Crippen MR) is 158 cm³/mol. The molecule has 0 radical (unpaired) electrons. The van der Waals surface area contributed by atoms with Crippen LogP contribution in [0.1, 0.15) is 46.2 Å². The van der Waals surface area contributed by atoms with Crippen molar-refractivity contribution < 1.29 is 4.79 Å². The van der Waals surface area contributed by atoms with Crippen LogP contribution in [-0.4, -0.2) is 45.8 Å². The second-order valence-electron chi connectivity index (χ2n) is 8.05. The van der Waals surface area contributed by atoms with Gasteiger partial charge >= 0.3 is 0 Å². The van der Waals surface area contributed by atoms with Gasteiger partial charge < -0.3 is 10.1 Å². The van der Waals surface area contributed by atoms with Crippen molar-refractivity contribution in [3.8, 4) is 11.4 Å². The van der Waals surface area contributed by atoms with Gasteiger partial charge in [-0.15, -0.1) is 13.2 Å². The molecule has 7 heteroatoms. The van der Waals surface area contributed by atoms with Crippen LogP contribution < -0.4 is 5.32 Å². The highest BCUT2D eigenvalue weighted by molar-refractivity contribution is 5.85. The third-order valence-electron chi connectivity index (χ3n) is 5.21. The van der Waals surface area contributed by atoms with E-state index in [-0.39, 0.29) is 0 Å². The highest BCUT2D eigenvalue weighted by Crippen LogP contribution is 2.23. The number of aromatic amines is 2. The molecule has 0 spiro atoms. The molecule has 1 aromatic carbocycles. The summed E-state index contributed by atoms with van der Waals surface area (Å²) in [6.07, 6.45) is 19.7. The molecular weight excluding hydrogens is 460 g/mol. The summed E-state index contributed by atoms with van der Waals surface area (Å²) in [7, 11) is 2.00. The Bertz CT molecular complexity index is 1090. The number of H-pyrrole nitrogens is 2. The van der Waals surface area contributed by atoms with Crippen LogP contribution in [0.2, 0.25) is 0 Å². The van der Waals surface area contributed by atoms with Gasteiger partial charge in [0, 0.05) is 23.1 Å². The maximum atomic E-state index is 8.00. The monoisotopic (exact) mass is 504 g/mol. The van der Waals surface area contributed by atoms with Gasteiger partial charge in [-0.2, -0.15) is 10.2 Å². The molecule has 2 heterocycles. The molecule has 1 atom stereocenters. The van der Waals surface area contributed by atoms with Crippen molar-refractivity contribution in [1.29, 1.82) is 0 Å². The van der Waals surface area contributed by atoms with Crippen molar-refractivity contribution in [2.24, 2.45) is 5.92 Å². The maximum absolute atomic E-state index is 8.00. The van der Waals surface area contributed by atoms with E-state index in [1.165, 1.54) is 24.7 Å². The van der Waals surface area contributed by atoms with Gasteiger partial charge in [0.2, 0.25) is 0 Å². The SMILES string of the molecule is C/C=C\C(C)=C/Cc1[nH]nc2ccc(-c3ncn[nH]3)cc12.C/C=C\C=C/C(C)CCCNC.C=C.C=O. The number of rotatable bonds is 10. The molecule has 0 saturated heterocycles. The fourth-order valence-corrected chi connectivity index (χ4v) is 3.37. The first kappa shape index (κ1) is 33.2. The third-order valence-corrected chi connectivity index (χ3v) is 5.21. The number of hydrogen-bond donors (Lipinski definition) is 3. The first-order chi connectivity index (χ1) is 18.1. The number of fused-ring (bicyclic) bond motifs is 1. The van der Waals surface area contributed by atoms with Gasteiger partial charge in [0.05, 0.1) is 5.52 Å². The number of allylic oxidation sites excluding steroid dienone is 8. The molecule has 3 N–H and O–H groups in total. The zero-order valence-electron chi connectivity index (χ0n) is 23.1. The van der Waals surface area contributed by atoms with Gasteiger partial charge in [-0.05, 0) is 71.3 Å². The molecular formula is C30H44N6O. The summed E-state index contributed by atoms with van der Waals surface area (Å²) in [5.41, 5.74) is 4.32. The van der Waals surface area contributed by atoms with E-state index in [1.807, 2.05) is 45.9 Å². The topological polar surface area (TPSA) is 99.3 Å². The number of aromatic nitrogens is 5. The summed E-state index contributed by atoms with van der Waals surface area (Å²) in [6, 6.07) is 6.08. The molecule has 2 aromatic heterocycles. The molecule has 3 aromatic rings. The molecule has 0 aliphatic heterocycles. The third kappa shape index (κ3) is 13.2. The van der Waals surface area contributed by atoms with E-state index >= 15 is 0 Å². The zero-order valence-corrected chi connectivity index (χ0v) is 23.1. The molecule has 200 valence electrons. The Balaban J connectivity index is 0.000000696. The standard InChI is InChI=1S/C16H17N5.C11H21N.C2H4.CH2O/c1-3-4-11(2)5-7-14-13-9-12(16-17-10-18-21-16)6-8-15(13)20-19-14;1-4-5-6-8-11(2)9-7-10-12-3;2*1-2/h3-6,8-10H,7H2,1-2H3,(H,19,20)(H,17,18,21);4-6,8,11-12H,7,9-10H2,1-3H3;1-2H2;1H2/b4-3-,11-5-;5-4-,8-6-;;. The zero-order chi connectivity index (χ0) is 27.9. The molecule has 37 heavy (non-hydrogen) atoms. The summed E-state index contributed by atoms with van der Waals surface area (Å²) < 4.78 is 0. The molecule has 3 rings (SSSR count). The fourth-order valence-electron chi connectivity index (χ4n) is 3.37. The number of hydrogen-bond acceptors (Lipinski definition) is 5. The largest absolute Gasteiger partial charge is 0.320 e. The first-order valence-electron chi connectivity index (χ1n) is 12.4. The van der Waals surface area contributed by atoms with Crippen LogP contribution in [0.4, 0.5) is 0 Å². The van der Waals surface area contributed by atoms with Crippen LogP contribution >= 0.6 is 0 Å². The van der Waals surface area contributed by atoms with Crippen molar-refractivity contribution >= 4 is 17.7 Å². The quantitative estimate of drug-likeness (QED) is 0.160. The van der Waals surface area contributed by atoms with Gasteiger partial charge in [0.1, 0.15) is 13.1 Å². The Labute approximate surface area is 222 Å². The molecule has 0 aliphatic carbocycles. The van der Waals surface area contributed by atoms with E-state index in [2.05, 4.69) is 100 Å². The average Bonchev–Trinajstić information content (AvgIpc) is 3.61. The van der Waals surface area contributed by atoms with Crippen LogP contribution in [-0.2, 0) is 11.2 Å². The van der Waals surface area contributed by atoms with E-state index in [4.69, 9.17) is 4.79 Å². The lowest BCUT2D eigenvalue weighted by Gasteiger charge is -2.04. The van der Waals surface area contributed by atoms with E-state index < -0.39 is 0 Å². The minimum atomic E-state index is 0.703. The summed E-state index contributed by atoms with van der Waals surface area (Å²) in [4.78, 5) is 12.2. The molecule has 0 bridgehead atoms. The van der Waals surface area contributed by atoms with Crippen LogP contribution in [0.3, 0.4) is 0 Å². The van der Waals surface area contributed by atoms with Crippen LogP contribution in [0.25, 0.3) is 22.3 Å². The van der Waals surface area contributed by atoms with Gasteiger partial charge in [0.15, 0.2) is 5.82 Å². The van der Waals surface area contributed by atoms with Gasteiger partial charge in [-0.3, -0.25) is 10.2 Å². The Morgan fingerprint density at radius 1 is 1.14 bits per heavy atom. The molecule has 1 unspecified atom stereocenters. The first-order valence-corrected chi connectivity index (χ1v) is 12.4. The highest BCUT2D eigenvalue weighted by Gasteiger charge is 2.08. The van der Waals surface area contributed by atoms with Crippen molar-refractivity contribution in [2.75, 3.05) is 13.6 Å². The van der Waals surface area contributed by atoms with Crippen LogP contribution in [0.5, 0.6) is 0 Å². The normalized spacial score (nSPS) is 12.1. The number of nitrogens with one attached hydrogen (secondary N) is 3. The molecule has 0 fully saturated rings. The molecule has 0 aliphatic rings. The molecule has 0 amide bonds. The van der Waals surface area contributed by atoms with Crippen LogP contribution in [0.15, 0.2) is 85.8 Å². The summed E-state index contributed by atoms with van der Waals surface area (Å²) in [6.45, 7) is 17.5. The second-order valence-corrected chi connectivity index (χ2v) is 8.05. The van der Waals surface area contributed by atoms with E-state index in [1.54, 1.807) is 0 Å². The average molecular weight is 505 g/mol. The smallest absolute Gasteiger partial charge is 0.155 e. The molecule has 7 nitrogen and oxygen atoms in total. The summed E-state index contributed by atoms with van der Waals surface area (Å²) in [5, 5.41) is 18.5. The highest BCUT2D eigenvalue weighted by atomic mass is 16.1. The van der Waals surface area contributed by atoms with Crippen molar-refractivity contribution in [3.05, 3.63) is 91.5 Å². The van der Waals surface area contributed by atoms with Gasteiger partial charge in [0.25, 0.3) is 0 Å².